The molecule has 10 heteroatoms. The fraction of sp³-hybridized carbons (Fsp3) is 0.100. The number of anilines is 2. The lowest BCUT2D eigenvalue weighted by molar-refractivity contribution is 0.0697. The maximum absolute atomic E-state index is 11.1. The molecule has 0 bridgehead atoms. The van der Waals surface area contributed by atoms with Gasteiger partial charge in [-0.1, -0.05) is 0 Å². The minimum atomic E-state index is -1.30. The van der Waals surface area contributed by atoms with Crippen LogP contribution < -0.4 is 33.2 Å². The number of nitrogens with two attached hydrogens (primary N) is 4. The summed E-state index contributed by atoms with van der Waals surface area (Å²) in [5.74, 6) is 9.58. The molecule has 0 fully saturated rings. The van der Waals surface area contributed by atoms with Crippen molar-refractivity contribution in [2.75, 3.05) is 10.0 Å². The summed E-state index contributed by atoms with van der Waals surface area (Å²) in [5, 5.41) is 10.1. The number of carboxylic acids is 1. The third kappa shape index (κ3) is 2.76. The van der Waals surface area contributed by atoms with Crippen LogP contribution in [0.15, 0.2) is 12.1 Å². The smallest absolute Gasteiger partial charge is 0.335 e. The van der Waals surface area contributed by atoms with Gasteiger partial charge in [-0.3, -0.25) is 0 Å². The fourth-order valence-electron chi connectivity index (χ4n) is 1.55. The van der Waals surface area contributed by atoms with Gasteiger partial charge < -0.3 is 16.6 Å². The van der Waals surface area contributed by atoms with E-state index in [0.29, 0.717) is 10.0 Å². The Bertz CT molecular complexity index is 546. The lowest BCUT2D eigenvalue weighted by atomic mass is 10.1. The summed E-state index contributed by atoms with van der Waals surface area (Å²) < 4.78 is 0. The van der Waals surface area contributed by atoms with Gasteiger partial charge in [0.25, 0.3) is 0 Å². The lowest BCUT2D eigenvalue weighted by Crippen LogP contribution is -2.44. The van der Waals surface area contributed by atoms with Crippen LogP contribution in [-0.2, 0) is 0 Å². The Morgan fingerprint density at radius 2 is 1.35 bits per heavy atom. The lowest BCUT2D eigenvalue weighted by Gasteiger charge is -2.23. The van der Waals surface area contributed by atoms with Crippen LogP contribution in [0.2, 0.25) is 0 Å². The van der Waals surface area contributed by atoms with Gasteiger partial charge in [-0.05, 0) is 24.6 Å². The molecule has 0 aliphatic heterocycles. The zero-order valence-electron chi connectivity index (χ0n) is 10.5. The molecular formula is C10H14N6O4. The first-order valence-corrected chi connectivity index (χ1v) is 5.23. The van der Waals surface area contributed by atoms with E-state index in [1.807, 2.05) is 0 Å². The van der Waals surface area contributed by atoms with Crippen LogP contribution in [0.4, 0.5) is 21.0 Å². The summed E-state index contributed by atoms with van der Waals surface area (Å²) in [6.07, 6.45) is 0. The normalized spacial score (nSPS) is 9.95. The molecule has 0 radical (unpaired) electrons. The number of amides is 4. The summed E-state index contributed by atoms with van der Waals surface area (Å²) in [7, 11) is 0. The number of urea groups is 2. The van der Waals surface area contributed by atoms with E-state index in [0.717, 1.165) is 12.1 Å². The van der Waals surface area contributed by atoms with Crippen LogP contribution in [0, 0.1) is 6.92 Å². The molecule has 0 heterocycles. The molecule has 0 aliphatic rings. The number of carbonyl (C=O) groups is 3. The highest BCUT2D eigenvalue weighted by atomic mass is 16.4. The van der Waals surface area contributed by atoms with Gasteiger partial charge in [0.05, 0.1) is 16.9 Å². The fourth-order valence-corrected chi connectivity index (χ4v) is 1.55. The van der Waals surface area contributed by atoms with Crippen LogP contribution in [-0.4, -0.2) is 23.1 Å². The van der Waals surface area contributed by atoms with E-state index in [2.05, 4.69) is 0 Å². The topological polar surface area (TPSA) is 182 Å². The predicted octanol–water partition coefficient (Wildman–Crippen LogP) is -0.789. The average molecular weight is 282 g/mol. The first-order chi connectivity index (χ1) is 9.16. The van der Waals surface area contributed by atoms with Crippen molar-refractivity contribution in [1.82, 2.24) is 0 Å². The Kier molecular flexibility index (Phi) is 4.12. The van der Waals surface area contributed by atoms with Crippen LogP contribution in [0.3, 0.4) is 0 Å². The molecule has 20 heavy (non-hydrogen) atoms. The Morgan fingerprint density at radius 3 is 1.60 bits per heavy atom. The van der Waals surface area contributed by atoms with Crippen molar-refractivity contribution >= 4 is 29.4 Å². The molecule has 4 amide bonds. The summed E-state index contributed by atoms with van der Waals surface area (Å²) in [4.78, 5) is 33.2. The molecule has 0 spiro atoms. The van der Waals surface area contributed by atoms with Gasteiger partial charge in [0.15, 0.2) is 0 Å². The van der Waals surface area contributed by atoms with Gasteiger partial charge in [0.1, 0.15) is 0 Å². The number of hydrogen-bond acceptors (Lipinski definition) is 5. The summed E-state index contributed by atoms with van der Waals surface area (Å²) in [6.45, 7) is 1.47. The Hall–Kier alpha value is -2.85. The first-order valence-electron chi connectivity index (χ1n) is 5.23. The number of nitrogens with zero attached hydrogens (tertiary/aromatic N) is 2. The van der Waals surface area contributed by atoms with E-state index in [-0.39, 0.29) is 22.5 Å². The second-order valence-corrected chi connectivity index (χ2v) is 3.86. The maximum Gasteiger partial charge on any atom is 0.335 e. The standard InChI is InChI=1S/C10H14N6O4/c1-4-6(15(13)9(11)19)2-5(8(17)18)3-7(4)16(14)10(12)20/h2-3H,13-14H2,1H3,(H2,11,19)(H2,12,20)(H,17,18). The highest BCUT2D eigenvalue weighted by Gasteiger charge is 2.21. The highest BCUT2D eigenvalue weighted by molar-refractivity contribution is 5.99. The van der Waals surface area contributed by atoms with Crippen molar-refractivity contribution in [3.05, 3.63) is 23.3 Å². The number of aromatic carboxylic acids is 1. The number of benzene rings is 1. The molecule has 108 valence electrons. The zero-order chi connectivity index (χ0) is 15.6. The summed E-state index contributed by atoms with van der Waals surface area (Å²) in [6, 6.07) is 0.232. The minimum Gasteiger partial charge on any atom is -0.478 e. The van der Waals surface area contributed by atoms with Gasteiger partial charge in [0.2, 0.25) is 0 Å². The molecule has 0 aliphatic carbocycles. The molecule has 0 atom stereocenters. The minimum absolute atomic E-state index is 0.0101. The van der Waals surface area contributed by atoms with Gasteiger partial charge in [0, 0.05) is 0 Å². The maximum atomic E-state index is 11.1. The van der Waals surface area contributed by atoms with Gasteiger partial charge in [-0.15, -0.1) is 0 Å². The van der Waals surface area contributed by atoms with E-state index in [9.17, 15) is 14.4 Å². The van der Waals surface area contributed by atoms with E-state index in [4.69, 9.17) is 28.3 Å². The molecule has 0 saturated carbocycles. The third-order valence-electron chi connectivity index (χ3n) is 2.59. The van der Waals surface area contributed by atoms with Gasteiger partial charge in [-0.25, -0.2) is 36.1 Å². The molecule has 10 nitrogen and oxygen atoms in total. The Labute approximate surface area is 113 Å². The van der Waals surface area contributed by atoms with Gasteiger partial charge >= 0.3 is 18.0 Å². The number of carbonyl (C=O) groups excluding carboxylic acids is 2. The molecule has 1 aromatic rings. The first kappa shape index (κ1) is 15.2. The SMILES string of the molecule is Cc1c(N(N)C(N)=O)cc(C(=O)O)cc1N(N)C(N)=O. The molecule has 0 unspecified atom stereocenters. The number of hydrogen-bond donors (Lipinski definition) is 5. The summed E-state index contributed by atoms with van der Waals surface area (Å²) >= 11 is 0. The van der Waals surface area contributed by atoms with Crippen molar-refractivity contribution in [3.8, 4) is 0 Å². The van der Waals surface area contributed by atoms with Crippen molar-refractivity contribution in [2.24, 2.45) is 23.2 Å². The van der Waals surface area contributed by atoms with E-state index in [1.165, 1.54) is 6.92 Å². The number of hydrazine groups is 2. The molecule has 9 N–H and O–H groups in total. The largest absolute Gasteiger partial charge is 0.478 e. The van der Waals surface area contributed by atoms with Crippen molar-refractivity contribution in [3.63, 3.8) is 0 Å². The molecule has 0 aromatic heterocycles. The second-order valence-electron chi connectivity index (χ2n) is 3.86. The predicted molar refractivity (Wildman–Crippen MR) is 70.6 cm³/mol. The van der Waals surface area contributed by atoms with Gasteiger partial charge in [-0.2, -0.15) is 0 Å². The average Bonchev–Trinajstić information content (AvgIpc) is 2.36. The van der Waals surface area contributed by atoms with Crippen molar-refractivity contribution in [2.45, 2.75) is 6.92 Å². The number of carboxylic acid groups (broad SMARTS) is 1. The number of rotatable bonds is 3. The molecule has 0 saturated heterocycles. The van der Waals surface area contributed by atoms with Crippen LogP contribution >= 0.6 is 0 Å². The van der Waals surface area contributed by atoms with Crippen LogP contribution in [0.1, 0.15) is 15.9 Å². The molecule has 1 aromatic carbocycles. The van der Waals surface area contributed by atoms with E-state index in [1.54, 1.807) is 0 Å². The zero-order valence-corrected chi connectivity index (χ0v) is 10.5. The Balaban J connectivity index is 3.56. The van der Waals surface area contributed by atoms with E-state index < -0.39 is 18.0 Å². The quantitative estimate of drug-likeness (QED) is 0.275. The van der Waals surface area contributed by atoms with Crippen LogP contribution in [0.5, 0.6) is 0 Å². The second kappa shape index (κ2) is 5.42. The highest BCUT2D eigenvalue weighted by Crippen LogP contribution is 2.29. The van der Waals surface area contributed by atoms with E-state index >= 15 is 0 Å². The van der Waals surface area contributed by atoms with Crippen molar-refractivity contribution in [1.29, 1.82) is 0 Å². The number of primary amides is 2. The molecular weight excluding hydrogens is 268 g/mol. The monoisotopic (exact) mass is 282 g/mol. The summed E-state index contributed by atoms with van der Waals surface area (Å²) in [5.41, 5.74) is 10.1. The van der Waals surface area contributed by atoms with Crippen molar-refractivity contribution < 1.29 is 19.5 Å². The third-order valence-corrected chi connectivity index (χ3v) is 2.59. The molecule has 1 rings (SSSR count). The Morgan fingerprint density at radius 1 is 1.00 bits per heavy atom. The van der Waals surface area contributed by atoms with Crippen LogP contribution in [0.25, 0.3) is 0 Å².